The van der Waals surface area contributed by atoms with Crippen molar-refractivity contribution in [2.75, 3.05) is 21.3 Å². The molecule has 0 unspecified atom stereocenters. The van der Waals surface area contributed by atoms with Gasteiger partial charge in [-0.05, 0) is 0 Å². The maximum atomic E-state index is 10.9. The molecule has 6 nitrogen and oxygen atoms in total. The van der Waals surface area contributed by atoms with Crippen LogP contribution in [0.3, 0.4) is 0 Å². The Bertz CT molecular complexity index is 223. The van der Waals surface area contributed by atoms with E-state index < -0.39 is 12.1 Å². The zero-order valence-corrected chi connectivity index (χ0v) is 7.62. The third-order valence-electron chi connectivity index (χ3n) is 1.06. The molecule has 0 aromatic heterocycles. The second kappa shape index (κ2) is 5.87. The molecule has 0 aromatic carbocycles. The molecule has 0 aliphatic heterocycles. The average Bonchev–Trinajstić information content (AvgIpc) is 2.15. The number of hydrogen-bond acceptors (Lipinski definition) is 5. The minimum atomic E-state index is -0.770. The molecule has 13 heavy (non-hydrogen) atoms. The van der Waals surface area contributed by atoms with Gasteiger partial charge in [0.1, 0.15) is 6.26 Å². The van der Waals surface area contributed by atoms with Crippen molar-refractivity contribution in [3.05, 3.63) is 12.0 Å². The molecule has 1 N–H and O–H groups in total. The first-order chi connectivity index (χ1) is 6.15. The van der Waals surface area contributed by atoms with Crippen LogP contribution in [0.1, 0.15) is 0 Å². The van der Waals surface area contributed by atoms with Gasteiger partial charge in [0, 0.05) is 0 Å². The number of hydrogen-bond donors (Lipinski definition) is 1. The highest BCUT2D eigenvalue weighted by molar-refractivity contribution is 5.91. The topological polar surface area (TPSA) is 73.9 Å². The highest BCUT2D eigenvalue weighted by atomic mass is 16.5. The Labute approximate surface area is 75.5 Å². The van der Waals surface area contributed by atoms with Crippen LogP contribution in [0.4, 0.5) is 4.79 Å². The Hall–Kier alpha value is -1.72. The summed E-state index contributed by atoms with van der Waals surface area (Å²) in [5.74, 6) is -0.716. The SMILES string of the molecule is COC=C(NC(=O)OC)C(=O)OC. The smallest absolute Gasteiger partial charge is 0.411 e. The van der Waals surface area contributed by atoms with Crippen molar-refractivity contribution in [3.63, 3.8) is 0 Å². The zero-order valence-electron chi connectivity index (χ0n) is 7.62. The number of amides is 1. The molecule has 0 aliphatic carbocycles. The van der Waals surface area contributed by atoms with Crippen LogP contribution < -0.4 is 5.32 Å². The van der Waals surface area contributed by atoms with Crippen molar-refractivity contribution < 1.29 is 23.8 Å². The van der Waals surface area contributed by atoms with E-state index in [1.54, 1.807) is 0 Å². The lowest BCUT2D eigenvalue weighted by atomic mass is 10.5. The number of methoxy groups -OCH3 is 3. The molecule has 0 fully saturated rings. The summed E-state index contributed by atoms with van der Waals surface area (Å²) in [5.41, 5.74) is -0.128. The third-order valence-corrected chi connectivity index (χ3v) is 1.06. The van der Waals surface area contributed by atoms with Gasteiger partial charge in [-0.2, -0.15) is 0 Å². The van der Waals surface area contributed by atoms with Crippen LogP contribution >= 0.6 is 0 Å². The van der Waals surface area contributed by atoms with Crippen molar-refractivity contribution in [1.82, 2.24) is 5.32 Å². The summed E-state index contributed by atoms with van der Waals surface area (Å²) >= 11 is 0. The number of carbonyl (C=O) groups excluding carboxylic acids is 2. The highest BCUT2D eigenvalue weighted by Crippen LogP contribution is 1.93. The van der Waals surface area contributed by atoms with Gasteiger partial charge in [0.2, 0.25) is 0 Å². The van der Waals surface area contributed by atoms with Crippen molar-refractivity contribution in [1.29, 1.82) is 0 Å². The van der Waals surface area contributed by atoms with Crippen molar-refractivity contribution in [2.45, 2.75) is 0 Å². The monoisotopic (exact) mass is 189 g/mol. The summed E-state index contributed by atoms with van der Waals surface area (Å²) in [6.45, 7) is 0. The lowest BCUT2D eigenvalue weighted by Crippen LogP contribution is -2.28. The lowest BCUT2D eigenvalue weighted by molar-refractivity contribution is -0.136. The third kappa shape index (κ3) is 4.00. The van der Waals surface area contributed by atoms with Crippen molar-refractivity contribution in [3.8, 4) is 0 Å². The van der Waals surface area contributed by atoms with Gasteiger partial charge >= 0.3 is 12.1 Å². The van der Waals surface area contributed by atoms with Crippen LogP contribution in [0, 0.1) is 0 Å². The maximum Gasteiger partial charge on any atom is 0.411 e. The number of rotatable bonds is 3. The zero-order chi connectivity index (χ0) is 10.3. The molecule has 1 amide bonds. The molecule has 6 heteroatoms. The molecule has 74 valence electrons. The normalized spacial score (nSPS) is 10.2. The van der Waals surface area contributed by atoms with Gasteiger partial charge in [0.05, 0.1) is 21.3 Å². The first-order valence-corrected chi connectivity index (χ1v) is 3.32. The largest absolute Gasteiger partial charge is 0.502 e. The standard InChI is InChI=1S/C7H11NO5/c1-11-4-5(6(9)12-2)8-7(10)13-3/h4H,1-3H3,(H,8,10). The van der Waals surface area contributed by atoms with Gasteiger partial charge in [-0.3, -0.25) is 5.32 Å². The number of esters is 1. The predicted octanol–water partition coefficient (Wildman–Crippen LogP) is 0.00320. The molecule has 0 radical (unpaired) electrons. The summed E-state index contributed by atoms with van der Waals surface area (Å²) < 4.78 is 13.2. The molecule has 0 aromatic rings. The fourth-order valence-corrected chi connectivity index (χ4v) is 0.517. The van der Waals surface area contributed by atoms with Crippen molar-refractivity contribution in [2.24, 2.45) is 0 Å². The van der Waals surface area contributed by atoms with E-state index in [1.807, 2.05) is 0 Å². The Morgan fingerprint density at radius 2 is 1.77 bits per heavy atom. The van der Waals surface area contributed by atoms with Crippen LogP contribution in [-0.2, 0) is 19.0 Å². The number of alkyl carbamates (subject to hydrolysis) is 1. The molecule has 0 atom stereocenters. The summed E-state index contributed by atoms with van der Waals surface area (Å²) in [5, 5.41) is 2.12. The molecule has 0 saturated heterocycles. The van der Waals surface area contributed by atoms with E-state index in [9.17, 15) is 9.59 Å². The highest BCUT2D eigenvalue weighted by Gasteiger charge is 2.13. The quantitative estimate of drug-likeness (QED) is 0.384. The molecule has 0 spiro atoms. The first kappa shape index (κ1) is 11.3. The molecular formula is C7H11NO5. The maximum absolute atomic E-state index is 10.9. The summed E-state index contributed by atoms with van der Waals surface area (Å²) in [7, 11) is 3.70. The van der Waals surface area contributed by atoms with Gasteiger partial charge in [0.25, 0.3) is 0 Å². The number of carbonyl (C=O) groups is 2. The molecule has 0 saturated carbocycles. The summed E-state index contributed by atoms with van der Waals surface area (Å²) in [6.07, 6.45) is 0.275. The van der Waals surface area contributed by atoms with Gasteiger partial charge in [-0.25, -0.2) is 9.59 Å². The van der Waals surface area contributed by atoms with Crippen LogP contribution in [0.2, 0.25) is 0 Å². The predicted molar refractivity (Wildman–Crippen MR) is 42.6 cm³/mol. The number of ether oxygens (including phenoxy) is 3. The van der Waals surface area contributed by atoms with E-state index in [-0.39, 0.29) is 5.70 Å². The Kier molecular flexibility index (Phi) is 5.09. The average molecular weight is 189 g/mol. The molecular weight excluding hydrogens is 178 g/mol. The second-order valence-corrected chi connectivity index (χ2v) is 1.88. The molecule has 0 aliphatic rings. The van der Waals surface area contributed by atoms with Gasteiger partial charge in [-0.1, -0.05) is 0 Å². The van der Waals surface area contributed by atoms with Crippen LogP contribution in [0.25, 0.3) is 0 Å². The minimum absolute atomic E-state index is 0.128. The van der Waals surface area contributed by atoms with E-state index in [0.717, 1.165) is 6.26 Å². The van der Waals surface area contributed by atoms with Crippen LogP contribution in [0.15, 0.2) is 12.0 Å². The summed E-state index contributed by atoms with van der Waals surface area (Å²) in [6, 6.07) is 0. The van der Waals surface area contributed by atoms with Gasteiger partial charge in [-0.15, -0.1) is 0 Å². The summed E-state index contributed by atoms with van der Waals surface area (Å²) in [4.78, 5) is 21.6. The van der Waals surface area contributed by atoms with Gasteiger partial charge in [0.15, 0.2) is 5.70 Å². The first-order valence-electron chi connectivity index (χ1n) is 3.32. The fraction of sp³-hybridized carbons (Fsp3) is 0.429. The van der Waals surface area contributed by atoms with E-state index >= 15 is 0 Å². The second-order valence-electron chi connectivity index (χ2n) is 1.88. The van der Waals surface area contributed by atoms with E-state index in [1.165, 1.54) is 21.3 Å². The fourth-order valence-electron chi connectivity index (χ4n) is 0.517. The Morgan fingerprint density at radius 3 is 2.15 bits per heavy atom. The van der Waals surface area contributed by atoms with Crippen LogP contribution in [-0.4, -0.2) is 33.4 Å². The number of nitrogens with one attached hydrogen (secondary N) is 1. The minimum Gasteiger partial charge on any atom is -0.502 e. The lowest BCUT2D eigenvalue weighted by Gasteiger charge is -2.05. The van der Waals surface area contributed by atoms with Crippen molar-refractivity contribution >= 4 is 12.1 Å². The Balaban J connectivity index is 4.36. The molecule has 0 rings (SSSR count). The van der Waals surface area contributed by atoms with Crippen LogP contribution in [0.5, 0.6) is 0 Å². The van der Waals surface area contributed by atoms with Gasteiger partial charge < -0.3 is 14.2 Å². The van der Waals surface area contributed by atoms with E-state index in [0.29, 0.717) is 0 Å². The molecule has 0 heterocycles. The van der Waals surface area contributed by atoms with E-state index in [2.05, 4.69) is 19.5 Å². The van der Waals surface area contributed by atoms with E-state index in [4.69, 9.17) is 0 Å². The Morgan fingerprint density at radius 1 is 1.15 bits per heavy atom. The molecule has 0 bridgehead atoms.